The fourth-order valence-electron chi connectivity index (χ4n) is 3.90. The van der Waals surface area contributed by atoms with Gasteiger partial charge in [0.05, 0.1) is 29.0 Å². The van der Waals surface area contributed by atoms with E-state index in [1.54, 1.807) is 37.3 Å². The van der Waals surface area contributed by atoms with Crippen LogP contribution < -0.4 is 14.5 Å². The maximum absolute atomic E-state index is 13.1. The van der Waals surface area contributed by atoms with Crippen LogP contribution >= 0.6 is 0 Å². The van der Waals surface area contributed by atoms with E-state index in [1.807, 2.05) is 36.4 Å². The second-order valence-electron chi connectivity index (χ2n) is 8.12. The number of nitro groups is 1. The molecule has 0 aromatic heterocycles. The number of anilines is 1. The van der Waals surface area contributed by atoms with Gasteiger partial charge < -0.3 is 9.47 Å². The van der Waals surface area contributed by atoms with E-state index in [0.29, 0.717) is 40.5 Å². The van der Waals surface area contributed by atoms with E-state index in [0.717, 1.165) is 11.1 Å². The molecule has 0 radical (unpaired) electrons. The van der Waals surface area contributed by atoms with Crippen molar-refractivity contribution in [1.29, 1.82) is 0 Å². The molecular formula is C28H25N3O5. The largest absolute Gasteiger partial charge is 0.493 e. The van der Waals surface area contributed by atoms with Gasteiger partial charge in [-0.1, -0.05) is 36.4 Å². The lowest BCUT2D eigenvalue weighted by Gasteiger charge is -2.16. The minimum atomic E-state index is -0.440. The minimum absolute atomic E-state index is 0.000774. The Labute approximate surface area is 208 Å². The van der Waals surface area contributed by atoms with Crippen LogP contribution in [0.4, 0.5) is 11.4 Å². The van der Waals surface area contributed by atoms with Crippen LogP contribution in [0.1, 0.15) is 23.6 Å². The number of nitrogens with zero attached hydrogens (tertiary/aromatic N) is 3. The third kappa shape index (κ3) is 5.17. The molecule has 1 aliphatic rings. The third-order valence-corrected chi connectivity index (χ3v) is 5.62. The van der Waals surface area contributed by atoms with Gasteiger partial charge in [-0.25, -0.2) is 0 Å². The van der Waals surface area contributed by atoms with Crippen molar-refractivity contribution in [2.24, 2.45) is 5.10 Å². The van der Waals surface area contributed by atoms with Gasteiger partial charge in [-0.05, 0) is 54.8 Å². The van der Waals surface area contributed by atoms with Crippen LogP contribution in [0, 0.1) is 10.1 Å². The summed E-state index contributed by atoms with van der Waals surface area (Å²) in [5.74, 6) is 0.778. The molecule has 8 nitrogen and oxygen atoms in total. The zero-order valence-corrected chi connectivity index (χ0v) is 20.0. The Morgan fingerprint density at radius 1 is 1.11 bits per heavy atom. The maximum atomic E-state index is 13.1. The van der Waals surface area contributed by atoms with Gasteiger partial charge in [0.1, 0.15) is 6.61 Å². The molecule has 0 fully saturated rings. The van der Waals surface area contributed by atoms with E-state index in [2.05, 4.69) is 11.7 Å². The van der Waals surface area contributed by atoms with Crippen molar-refractivity contribution in [3.63, 3.8) is 0 Å². The molecule has 0 bridgehead atoms. The van der Waals surface area contributed by atoms with Gasteiger partial charge in [0.15, 0.2) is 11.5 Å². The van der Waals surface area contributed by atoms with Gasteiger partial charge >= 0.3 is 0 Å². The van der Waals surface area contributed by atoms with Gasteiger partial charge in [-0.15, -0.1) is 6.58 Å². The number of methoxy groups -OCH3 is 1. The Hall–Kier alpha value is -4.72. The van der Waals surface area contributed by atoms with E-state index in [1.165, 1.54) is 24.3 Å². The van der Waals surface area contributed by atoms with Crippen LogP contribution in [0.25, 0.3) is 6.08 Å². The zero-order chi connectivity index (χ0) is 25.7. The molecule has 8 heteroatoms. The van der Waals surface area contributed by atoms with E-state index in [9.17, 15) is 14.9 Å². The van der Waals surface area contributed by atoms with Crippen molar-refractivity contribution in [1.82, 2.24) is 0 Å². The topological polar surface area (TPSA) is 94.3 Å². The second-order valence-corrected chi connectivity index (χ2v) is 8.12. The molecule has 0 unspecified atom stereocenters. The summed E-state index contributed by atoms with van der Waals surface area (Å²) in [5.41, 5.74) is 4.00. The molecule has 0 atom stereocenters. The highest BCUT2D eigenvalue weighted by atomic mass is 16.6. The van der Waals surface area contributed by atoms with E-state index in [4.69, 9.17) is 9.47 Å². The van der Waals surface area contributed by atoms with E-state index < -0.39 is 4.92 Å². The highest BCUT2D eigenvalue weighted by molar-refractivity contribution is 6.32. The summed E-state index contributed by atoms with van der Waals surface area (Å²) in [6, 6.07) is 19.2. The predicted octanol–water partition coefficient (Wildman–Crippen LogP) is 5.72. The number of hydrazone groups is 1. The third-order valence-electron chi connectivity index (χ3n) is 5.62. The molecule has 0 aliphatic carbocycles. The number of non-ortho nitro benzene ring substituents is 1. The summed E-state index contributed by atoms with van der Waals surface area (Å²) >= 11 is 0. The maximum Gasteiger partial charge on any atom is 0.280 e. The number of hydrogen-bond acceptors (Lipinski definition) is 6. The van der Waals surface area contributed by atoms with Crippen molar-refractivity contribution in [2.45, 2.75) is 20.0 Å². The molecule has 3 aromatic carbocycles. The van der Waals surface area contributed by atoms with Crippen LogP contribution in [-0.4, -0.2) is 23.7 Å². The Balaban J connectivity index is 1.64. The number of carbonyl (C=O) groups excluding carboxylic acids is 1. The summed E-state index contributed by atoms with van der Waals surface area (Å²) in [6.07, 6.45) is 4.02. The van der Waals surface area contributed by atoms with Crippen molar-refractivity contribution < 1.29 is 19.2 Å². The first-order valence-electron chi connectivity index (χ1n) is 11.3. The summed E-state index contributed by atoms with van der Waals surface area (Å²) in [7, 11) is 1.54. The molecule has 1 aliphatic heterocycles. The number of benzene rings is 3. The molecule has 0 N–H and O–H groups in total. The van der Waals surface area contributed by atoms with Gasteiger partial charge in [0.25, 0.3) is 11.6 Å². The quantitative estimate of drug-likeness (QED) is 0.168. The summed E-state index contributed by atoms with van der Waals surface area (Å²) in [4.78, 5) is 23.8. The van der Waals surface area contributed by atoms with Crippen molar-refractivity contribution >= 4 is 29.1 Å². The number of carbonyl (C=O) groups is 1. The highest BCUT2D eigenvalue weighted by Crippen LogP contribution is 2.36. The SMILES string of the molecule is C=CCc1cc(/C=C2/C(=O)N(c3ccccc3)N=C2C)cc(OC)c1OCc1cccc([N+](=O)[O-])c1. The van der Waals surface area contributed by atoms with E-state index >= 15 is 0 Å². The van der Waals surface area contributed by atoms with Crippen LogP contribution in [0.15, 0.2) is 90.1 Å². The second kappa shape index (κ2) is 10.7. The van der Waals surface area contributed by atoms with Gasteiger partial charge in [-0.2, -0.15) is 10.1 Å². The van der Waals surface area contributed by atoms with Crippen molar-refractivity contribution in [3.05, 3.63) is 112 Å². The zero-order valence-electron chi connectivity index (χ0n) is 20.0. The standard InChI is InChI=1S/C28H25N3O5/c1-4-9-22-14-21(16-25-19(2)29-30(28(25)32)23-11-6-5-7-12-23)17-26(35-3)27(22)36-18-20-10-8-13-24(15-20)31(33)34/h4-8,10-17H,1,9,18H2,2-3H3/b25-16+. The Morgan fingerprint density at radius 3 is 2.58 bits per heavy atom. The summed E-state index contributed by atoms with van der Waals surface area (Å²) in [5, 5.41) is 16.9. The molecule has 182 valence electrons. The van der Waals surface area contributed by atoms with E-state index in [-0.39, 0.29) is 18.2 Å². The first-order valence-corrected chi connectivity index (χ1v) is 11.3. The monoisotopic (exact) mass is 483 g/mol. The number of amides is 1. The fraction of sp³-hybridized carbons (Fsp3) is 0.143. The van der Waals surface area contributed by atoms with Gasteiger partial charge in [-0.3, -0.25) is 14.9 Å². The van der Waals surface area contributed by atoms with Gasteiger partial charge in [0, 0.05) is 17.7 Å². The molecule has 36 heavy (non-hydrogen) atoms. The number of rotatable bonds is 9. The molecular weight excluding hydrogens is 458 g/mol. The average molecular weight is 484 g/mol. The Kier molecular flexibility index (Phi) is 7.25. The Bertz CT molecular complexity index is 1380. The number of ether oxygens (including phenoxy) is 2. The molecule has 1 heterocycles. The first-order chi connectivity index (χ1) is 17.4. The molecule has 4 rings (SSSR count). The van der Waals surface area contributed by atoms with Crippen molar-refractivity contribution in [2.75, 3.05) is 12.1 Å². The Morgan fingerprint density at radius 2 is 1.89 bits per heavy atom. The number of hydrogen-bond donors (Lipinski definition) is 0. The minimum Gasteiger partial charge on any atom is -0.493 e. The fourth-order valence-corrected chi connectivity index (χ4v) is 3.90. The molecule has 3 aromatic rings. The lowest BCUT2D eigenvalue weighted by Crippen LogP contribution is -2.21. The van der Waals surface area contributed by atoms with Crippen LogP contribution in [0.3, 0.4) is 0 Å². The molecule has 0 saturated heterocycles. The number of para-hydroxylation sites is 1. The molecule has 1 amide bonds. The lowest BCUT2D eigenvalue weighted by molar-refractivity contribution is -0.384. The predicted molar refractivity (Wildman–Crippen MR) is 139 cm³/mol. The normalized spacial score (nSPS) is 14.1. The van der Waals surface area contributed by atoms with Gasteiger partial charge in [0.2, 0.25) is 0 Å². The highest BCUT2D eigenvalue weighted by Gasteiger charge is 2.28. The van der Waals surface area contributed by atoms with Crippen molar-refractivity contribution in [3.8, 4) is 11.5 Å². The number of allylic oxidation sites excluding steroid dienone is 1. The average Bonchev–Trinajstić information content (AvgIpc) is 3.17. The molecule has 0 spiro atoms. The first kappa shape index (κ1) is 24.4. The lowest BCUT2D eigenvalue weighted by atomic mass is 10.0. The number of nitro benzene ring substituents is 1. The summed E-state index contributed by atoms with van der Waals surface area (Å²) in [6.45, 7) is 5.76. The summed E-state index contributed by atoms with van der Waals surface area (Å²) < 4.78 is 11.7. The van der Waals surface area contributed by atoms with Crippen LogP contribution in [-0.2, 0) is 17.8 Å². The van der Waals surface area contributed by atoms with Crippen LogP contribution in [0.5, 0.6) is 11.5 Å². The molecule has 0 saturated carbocycles. The van der Waals surface area contributed by atoms with Crippen LogP contribution in [0.2, 0.25) is 0 Å². The smallest absolute Gasteiger partial charge is 0.280 e.